The Hall–Kier alpha value is -4.61. The molecular formula is C30H34N5O6+. The fourth-order valence-corrected chi connectivity index (χ4v) is 5.05. The lowest BCUT2D eigenvalue weighted by Gasteiger charge is -2.36. The molecule has 41 heavy (non-hydrogen) atoms. The van der Waals surface area contributed by atoms with Crippen molar-refractivity contribution in [2.24, 2.45) is 0 Å². The van der Waals surface area contributed by atoms with E-state index in [9.17, 15) is 4.79 Å². The number of hydrogen-bond donors (Lipinski definition) is 2. The number of piperazine rings is 1. The summed E-state index contributed by atoms with van der Waals surface area (Å²) in [5.41, 5.74) is 8.34. The van der Waals surface area contributed by atoms with Gasteiger partial charge in [0.25, 0.3) is 0 Å². The molecule has 1 aliphatic rings. The minimum absolute atomic E-state index is 0.141. The van der Waals surface area contributed by atoms with Crippen LogP contribution in [0.1, 0.15) is 15.9 Å². The number of nitrogen functional groups attached to an aromatic ring is 1. The number of quaternary nitrogens is 1. The van der Waals surface area contributed by atoms with Crippen LogP contribution in [0, 0.1) is 0 Å². The van der Waals surface area contributed by atoms with Crippen LogP contribution >= 0.6 is 0 Å². The molecule has 11 nitrogen and oxygen atoms in total. The Morgan fingerprint density at radius 2 is 1.46 bits per heavy atom. The van der Waals surface area contributed by atoms with E-state index in [1.807, 2.05) is 30.3 Å². The van der Waals surface area contributed by atoms with Crippen LogP contribution in [0.15, 0.2) is 54.6 Å². The quantitative estimate of drug-likeness (QED) is 0.293. The number of hydrogen-bond acceptors (Lipinski definition) is 10. The molecule has 3 N–H and O–H groups in total. The summed E-state index contributed by atoms with van der Waals surface area (Å²) in [7, 11) is 6.16. The van der Waals surface area contributed by atoms with Crippen molar-refractivity contribution in [3.8, 4) is 28.7 Å². The second kappa shape index (κ2) is 11.9. The predicted molar refractivity (Wildman–Crippen MR) is 156 cm³/mol. The van der Waals surface area contributed by atoms with Crippen molar-refractivity contribution < 1.29 is 28.5 Å². The molecule has 1 aromatic heterocycles. The molecule has 0 bridgehead atoms. The summed E-state index contributed by atoms with van der Waals surface area (Å²) in [4.78, 5) is 23.9. The molecule has 0 aliphatic carbocycles. The summed E-state index contributed by atoms with van der Waals surface area (Å²) in [5.74, 6) is 2.53. The maximum atomic E-state index is 14.4. The summed E-state index contributed by atoms with van der Waals surface area (Å²) in [6, 6.07) is 16.6. The van der Waals surface area contributed by atoms with Gasteiger partial charge < -0.3 is 34.7 Å². The number of benzene rings is 3. The third-order valence-corrected chi connectivity index (χ3v) is 7.26. The minimum atomic E-state index is -0.211. The number of methoxy groups -OCH3 is 4. The van der Waals surface area contributed by atoms with E-state index in [2.05, 4.69) is 10.3 Å². The molecule has 1 aliphatic heterocycles. The smallest absolute Gasteiger partial charge is 0.353 e. The molecule has 0 unspecified atom stereocenters. The molecule has 0 spiro atoms. The molecule has 0 radical (unpaired) electrons. The van der Waals surface area contributed by atoms with E-state index in [0.717, 1.165) is 5.56 Å². The molecule has 1 amide bonds. The molecule has 11 heteroatoms. The SMILES string of the molecule is COc1cc2nc([N+]3(C(=O)c4cc(OC)c(OCc5ccccc5)c(OC)c4)CCNCC3)nc(N)c2cc1OC. The summed E-state index contributed by atoms with van der Waals surface area (Å²) < 4.78 is 28.2. The third-order valence-electron chi connectivity index (χ3n) is 7.26. The number of carbonyl (C=O) groups excluding carboxylic acids is 1. The number of carbonyl (C=O) groups is 1. The van der Waals surface area contributed by atoms with Gasteiger partial charge in [-0.1, -0.05) is 30.3 Å². The minimum Gasteiger partial charge on any atom is -0.493 e. The normalized spacial score (nSPS) is 14.3. The zero-order chi connectivity index (χ0) is 29.0. The zero-order valence-corrected chi connectivity index (χ0v) is 23.6. The highest BCUT2D eigenvalue weighted by Gasteiger charge is 2.45. The van der Waals surface area contributed by atoms with Crippen LogP contribution in [0.2, 0.25) is 0 Å². The number of aromatic nitrogens is 2. The Morgan fingerprint density at radius 1 is 0.854 bits per heavy atom. The van der Waals surface area contributed by atoms with Crippen molar-refractivity contribution in [2.75, 3.05) is 60.4 Å². The monoisotopic (exact) mass is 560 g/mol. The molecule has 4 aromatic rings. The molecular weight excluding hydrogens is 526 g/mol. The van der Waals surface area contributed by atoms with E-state index >= 15 is 0 Å². The Morgan fingerprint density at radius 3 is 2.07 bits per heavy atom. The lowest BCUT2D eigenvalue weighted by Crippen LogP contribution is -2.63. The first-order valence-electron chi connectivity index (χ1n) is 13.2. The van der Waals surface area contributed by atoms with Crippen molar-refractivity contribution in [3.63, 3.8) is 0 Å². The number of nitrogens with two attached hydrogens (primary N) is 1. The molecule has 2 heterocycles. The highest BCUT2D eigenvalue weighted by atomic mass is 16.5. The number of rotatable bonds is 9. The van der Waals surface area contributed by atoms with Gasteiger partial charge in [0.05, 0.1) is 39.5 Å². The van der Waals surface area contributed by atoms with Crippen LogP contribution in [0.4, 0.5) is 11.8 Å². The number of nitrogens with zero attached hydrogens (tertiary/aromatic N) is 3. The molecule has 5 rings (SSSR count). The van der Waals surface area contributed by atoms with Gasteiger partial charge in [-0.3, -0.25) is 0 Å². The number of anilines is 1. The van der Waals surface area contributed by atoms with E-state index in [1.165, 1.54) is 14.2 Å². The number of amides is 1. The maximum absolute atomic E-state index is 14.4. The van der Waals surface area contributed by atoms with Crippen LogP contribution < -0.4 is 39.2 Å². The first kappa shape index (κ1) is 27.9. The summed E-state index contributed by atoms with van der Waals surface area (Å²) in [6.07, 6.45) is 0. The molecule has 1 fully saturated rings. The van der Waals surface area contributed by atoms with Crippen LogP contribution in [0.25, 0.3) is 10.9 Å². The van der Waals surface area contributed by atoms with Crippen LogP contribution in [-0.2, 0) is 6.61 Å². The highest BCUT2D eigenvalue weighted by molar-refractivity contribution is 6.03. The standard InChI is InChI=1S/C30H34N5O6/c1-37-23-16-21-22(17-24(23)38-2)33-30(34-28(21)31)35(12-10-32-11-13-35)29(36)20-14-25(39-3)27(26(15-20)40-4)41-18-19-8-6-5-7-9-19/h5-9,14-17,32H,10-13,18H2,1-4H3,(H2,31,33,34)/q+1. The van der Waals surface area contributed by atoms with E-state index in [0.29, 0.717) is 83.9 Å². The topological polar surface area (TPSA) is 127 Å². The van der Waals surface area contributed by atoms with Crippen molar-refractivity contribution >= 4 is 28.6 Å². The van der Waals surface area contributed by atoms with Gasteiger partial charge in [0.2, 0.25) is 5.75 Å². The van der Waals surface area contributed by atoms with Gasteiger partial charge >= 0.3 is 11.9 Å². The van der Waals surface area contributed by atoms with Gasteiger partial charge in [0.15, 0.2) is 23.0 Å². The Labute approximate surface area is 238 Å². The van der Waals surface area contributed by atoms with Gasteiger partial charge in [0, 0.05) is 36.7 Å². The summed E-state index contributed by atoms with van der Waals surface area (Å²) in [5, 5.41) is 3.93. The molecule has 214 valence electrons. The lowest BCUT2D eigenvalue weighted by molar-refractivity contribution is 0.0730. The van der Waals surface area contributed by atoms with Crippen molar-refractivity contribution in [2.45, 2.75) is 6.61 Å². The second-order valence-electron chi connectivity index (χ2n) is 9.59. The van der Waals surface area contributed by atoms with Gasteiger partial charge in [-0.2, -0.15) is 14.5 Å². The van der Waals surface area contributed by atoms with E-state index in [4.69, 9.17) is 34.4 Å². The Balaban J connectivity index is 1.58. The van der Waals surface area contributed by atoms with Gasteiger partial charge in [-0.05, 0) is 11.6 Å². The van der Waals surface area contributed by atoms with Crippen molar-refractivity contribution in [1.29, 1.82) is 0 Å². The molecule has 3 aromatic carbocycles. The average molecular weight is 561 g/mol. The van der Waals surface area contributed by atoms with E-state index < -0.39 is 0 Å². The van der Waals surface area contributed by atoms with E-state index in [-0.39, 0.29) is 16.2 Å². The van der Waals surface area contributed by atoms with Gasteiger partial charge in [-0.25, -0.2) is 4.79 Å². The average Bonchev–Trinajstić information content (AvgIpc) is 3.03. The molecule has 0 saturated carbocycles. The van der Waals surface area contributed by atoms with Crippen LogP contribution in [-0.4, -0.2) is 70.5 Å². The Bertz CT molecular complexity index is 1530. The highest BCUT2D eigenvalue weighted by Crippen LogP contribution is 2.41. The number of ether oxygens (including phenoxy) is 5. The van der Waals surface area contributed by atoms with E-state index in [1.54, 1.807) is 38.5 Å². The largest absolute Gasteiger partial charge is 0.493 e. The number of nitrogens with one attached hydrogen (secondary N) is 1. The van der Waals surface area contributed by atoms with Crippen molar-refractivity contribution in [3.05, 3.63) is 65.7 Å². The lowest BCUT2D eigenvalue weighted by atomic mass is 10.1. The Kier molecular flexibility index (Phi) is 8.09. The third kappa shape index (κ3) is 5.29. The number of fused-ring (bicyclic) bond motifs is 1. The molecule has 0 atom stereocenters. The van der Waals surface area contributed by atoms with Crippen LogP contribution in [0.5, 0.6) is 28.7 Å². The first-order chi connectivity index (χ1) is 19.9. The zero-order valence-electron chi connectivity index (χ0n) is 23.6. The van der Waals surface area contributed by atoms with Crippen LogP contribution in [0.3, 0.4) is 0 Å². The van der Waals surface area contributed by atoms with Gasteiger partial charge in [0.1, 0.15) is 25.5 Å². The fraction of sp³-hybridized carbons (Fsp3) is 0.300. The van der Waals surface area contributed by atoms with Crippen molar-refractivity contribution in [1.82, 2.24) is 19.8 Å². The maximum Gasteiger partial charge on any atom is 0.353 e. The predicted octanol–water partition coefficient (Wildman–Crippen LogP) is 3.58. The van der Waals surface area contributed by atoms with Gasteiger partial charge in [-0.15, -0.1) is 0 Å². The fourth-order valence-electron chi connectivity index (χ4n) is 5.05. The molecule has 1 saturated heterocycles. The first-order valence-corrected chi connectivity index (χ1v) is 13.2. The summed E-state index contributed by atoms with van der Waals surface area (Å²) in [6.45, 7) is 2.34. The second-order valence-corrected chi connectivity index (χ2v) is 9.59. The summed E-state index contributed by atoms with van der Waals surface area (Å²) >= 11 is 0.